The van der Waals surface area contributed by atoms with Gasteiger partial charge in [-0.2, -0.15) is 26.3 Å². The lowest BCUT2D eigenvalue weighted by Crippen LogP contribution is -2.21. The van der Waals surface area contributed by atoms with Gasteiger partial charge < -0.3 is 25.3 Å². The third kappa shape index (κ3) is 8.88. The van der Waals surface area contributed by atoms with Crippen molar-refractivity contribution in [2.24, 2.45) is 0 Å². The van der Waals surface area contributed by atoms with Crippen molar-refractivity contribution in [1.29, 1.82) is 0 Å². The molecule has 0 unspecified atom stereocenters. The number of carbonyl (C=O) groups is 2. The number of imidazole rings is 1. The number of carboxylic acids is 2. The molecule has 0 bridgehead atoms. The Labute approximate surface area is 253 Å². The summed E-state index contributed by atoms with van der Waals surface area (Å²) in [5, 5.41) is 17.4. The number of benzene rings is 1. The van der Waals surface area contributed by atoms with E-state index in [2.05, 4.69) is 30.0 Å². The van der Waals surface area contributed by atoms with E-state index in [0.29, 0.717) is 22.9 Å². The summed E-state index contributed by atoms with van der Waals surface area (Å²) in [5.74, 6) is -5.16. The number of aromatic amines is 1. The Kier molecular flexibility index (Phi) is 10.1. The number of carboxylic acid groups (broad SMARTS) is 2. The molecule has 0 radical (unpaired) electrons. The first-order chi connectivity index (χ1) is 20.7. The Hall–Kier alpha value is -4.78. The molecule has 0 saturated heterocycles. The average Bonchev–Trinajstić information content (AvgIpc) is 3.26. The highest BCUT2D eigenvalue weighted by Crippen LogP contribution is 2.45. The van der Waals surface area contributed by atoms with Crippen LogP contribution in [0.3, 0.4) is 0 Å². The number of ether oxygens (including phenoxy) is 1. The maximum absolute atomic E-state index is 12.6. The number of anilines is 2. The average molecular weight is 692 g/mol. The zero-order valence-electron chi connectivity index (χ0n) is 21.2. The van der Waals surface area contributed by atoms with E-state index in [1.54, 1.807) is 30.7 Å². The number of hydrogen-bond acceptors (Lipinski definition) is 7. The molecule has 1 aliphatic rings. The summed E-state index contributed by atoms with van der Waals surface area (Å²) < 4.78 is 105. The van der Waals surface area contributed by atoms with Crippen LogP contribution in [-0.2, 0) is 9.59 Å². The summed E-state index contributed by atoms with van der Waals surface area (Å²) >= 11 is 12.5. The molecule has 1 aliphatic heterocycles. The van der Waals surface area contributed by atoms with Crippen molar-refractivity contribution in [3.05, 3.63) is 59.0 Å². The fourth-order valence-electron chi connectivity index (χ4n) is 3.39. The molecule has 240 valence electrons. The number of hydrogen-bond donors (Lipinski definition) is 4. The van der Waals surface area contributed by atoms with Crippen molar-refractivity contribution in [2.45, 2.75) is 18.7 Å². The number of pyridine rings is 2. The fraction of sp³-hybridized carbons (Fsp3) is 0.125. The van der Waals surface area contributed by atoms with Gasteiger partial charge in [0, 0.05) is 23.5 Å². The first kappa shape index (κ1) is 34.7. The number of aromatic nitrogens is 4. The van der Waals surface area contributed by atoms with Crippen LogP contribution >= 0.6 is 23.2 Å². The lowest BCUT2D eigenvalue weighted by Gasteiger charge is -2.12. The fourth-order valence-corrected chi connectivity index (χ4v) is 4.03. The Balaban J connectivity index is 0.000000331. The molecule has 0 fully saturated rings. The van der Waals surface area contributed by atoms with Crippen LogP contribution in [0.1, 0.15) is 0 Å². The van der Waals surface area contributed by atoms with Gasteiger partial charge in [-0.1, -0.05) is 23.2 Å². The van der Waals surface area contributed by atoms with Gasteiger partial charge in [-0.05, 0) is 30.3 Å². The second kappa shape index (κ2) is 13.1. The molecule has 0 aliphatic carbocycles. The predicted molar refractivity (Wildman–Crippen MR) is 138 cm³/mol. The number of alkyl halides is 9. The van der Waals surface area contributed by atoms with Crippen LogP contribution in [0.2, 0.25) is 10.0 Å². The summed E-state index contributed by atoms with van der Waals surface area (Å²) in [7, 11) is 0. The highest BCUT2D eigenvalue weighted by atomic mass is 35.5. The molecular weight excluding hydrogens is 680 g/mol. The summed E-state index contributed by atoms with van der Waals surface area (Å²) in [5.41, 5.74) is 3.71. The molecule has 4 aromatic rings. The Morgan fingerprint density at radius 1 is 0.844 bits per heavy atom. The first-order valence-corrected chi connectivity index (χ1v) is 12.1. The van der Waals surface area contributed by atoms with Crippen molar-refractivity contribution in [1.82, 2.24) is 19.9 Å². The van der Waals surface area contributed by atoms with E-state index in [0.717, 1.165) is 23.3 Å². The molecule has 3 aromatic heterocycles. The van der Waals surface area contributed by atoms with E-state index in [-0.39, 0.29) is 21.4 Å². The molecular formula is C24H12Cl2F9N5O5. The maximum Gasteiger partial charge on any atom is 0.573 e. The SMILES string of the molecule is FC(F)(F)Oc1cc(Cl)c(-c2nc3c([nH]2)-c2ccncc2Nc2ncccc2-3)c(Cl)c1.O=C(O)C(F)(F)F.O=C(O)C(F)(F)F. The van der Waals surface area contributed by atoms with Crippen LogP contribution in [-0.4, -0.2) is 60.8 Å². The van der Waals surface area contributed by atoms with E-state index < -0.39 is 36.4 Å². The molecule has 21 heteroatoms. The summed E-state index contributed by atoms with van der Waals surface area (Å²) in [6, 6.07) is 7.51. The van der Waals surface area contributed by atoms with E-state index in [4.69, 9.17) is 43.0 Å². The second-order valence-corrected chi connectivity index (χ2v) is 8.98. The molecule has 1 aromatic carbocycles. The molecule has 5 rings (SSSR count). The molecule has 10 nitrogen and oxygen atoms in total. The molecule has 0 spiro atoms. The van der Waals surface area contributed by atoms with Crippen LogP contribution in [0, 0.1) is 0 Å². The molecule has 4 N–H and O–H groups in total. The van der Waals surface area contributed by atoms with Gasteiger partial charge in [-0.15, -0.1) is 13.2 Å². The topological polar surface area (TPSA) is 150 Å². The first-order valence-electron chi connectivity index (χ1n) is 11.3. The monoisotopic (exact) mass is 691 g/mol. The standard InChI is InChI=1S/C20H10Cl2F3N5O.2C2HF3O2/c21-12-6-9(31-20(23,24)25)7-13(22)15(12)19-29-16-10-3-5-26-8-14(10)28-18-11(17(16)30-19)2-1-4-27-18;2*3-2(4,5)1(6)7/h1-8H,(H,27,28)(H,29,30);2*(H,6,7). The van der Waals surface area contributed by atoms with Gasteiger partial charge >= 0.3 is 30.7 Å². The van der Waals surface area contributed by atoms with Crippen molar-refractivity contribution in [3.63, 3.8) is 0 Å². The minimum atomic E-state index is -5.08. The Bertz CT molecular complexity index is 1620. The van der Waals surface area contributed by atoms with E-state index >= 15 is 0 Å². The molecule has 0 atom stereocenters. The summed E-state index contributed by atoms with van der Waals surface area (Å²) in [6.07, 6.45) is -10.1. The van der Waals surface area contributed by atoms with Gasteiger partial charge in [0.1, 0.15) is 23.1 Å². The largest absolute Gasteiger partial charge is 0.573 e. The molecule has 4 heterocycles. The zero-order valence-corrected chi connectivity index (χ0v) is 22.7. The van der Waals surface area contributed by atoms with Crippen molar-refractivity contribution < 1.29 is 64.1 Å². The van der Waals surface area contributed by atoms with Crippen LogP contribution in [0.5, 0.6) is 5.75 Å². The van der Waals surface area contributed by atoms with Gasteiger partial charge in [0.2, 0.25) is 0 Å². The predicted octanol–water partition coefficient (Wildman–Crippen LogP) is 7.73. The van der Waals surface area contributed by atoms with Gasteiger partial charge in [0.25, 0.3) is 0 Å². The number of H-pyrrole nitrogens is 1. The second-order valence-electron chi connectivity index (χ2n) is 8.17. The van der Waals surface area contributed by atoms with Gasteiger partial charge in [-0.3, -0.25) is 4.98 Å². The minimum Gasteiger partial charge on any atom is -0.475 e. The lowest BCUT2D eigenvalue weighted by molar-refractivity contribution is -0.274. The third-order valence-electron chi connectivity index (χ3n) is 5.08. The molecule has 45 heavy (non-hydrogen) atoms. The van der Waals surface area contributed by atoms with Gasteiger partial charge in [0.05, 0.1) is 33.2 Å². The summed E-state index contributed by atoms with van der Waals surface area (Å²) in [6.45, 7) is 0. The van der Waals surface area contributed by atoms with Crippen molar-refractivity contribution in [3.8, 4) is 39.7 Å². The Morgan fingerprint density at radius 3 is 1.91 bits per heavy atom. The Morgan fingerprint density at radius 2 is 1.40 bits per heavy atom. The number of rotatable bonds is 2. The number of nitrogens with zero attached hydrogens (tertiary/aromatic N) is 3. The van der Waals surface area contributed by atoms with E-state index in [1.165, 1.54) is 0 Å². The zero-order chi connectivity index (χ0) is 33.9. The van der Waals surface area contributed by atoms with Crippen molar-refractivity contribution in [2.75, 3.05) is 5.32 Å². The third-order valence-corrected chi connectivity index (χ3v) is 5.68. The quantitative estimate of drug-likeness (QED) is 0.136. The number of nitrogens with one attached hydrogen (secondary N) is 2. The maximum atomic E-state index is 12.6. The smallest absolute Gasteiger partial charge is 0.475 e. The van der Waals surface area contributed by atoms with Crippen LogP contribution < -0.4 is 10.1 Å². The highest BCUT2D eigenvalue weighted by Gasteiger charge is 2.39. The van der Waals surface area contributed by atoms with Gasteiger partial charge in [-0.25, -0.2) is 19.6 Å². The van der Waals surface area contributed by atoms with Crippen LogP contribution in [0.15, 0.2) is 48.9 Å². The summed E-state index contributed by atoms with van der Waals surface area (Å²) in [4.78, 5) is 34.2. The molecule has 0 amide bonds. The van der Waals surface area contributed by atoms with Crippen LogP contribution in [0.25, 0.3) is 33.9 Å². The number of fused-ring (bicyclic) bond motifs is 5. The van der Waals surface area contributed by atoms with Crippen molar-refractivity contribution >= 4 is 46.6 Å². The number of halogens is 11. The minimum absolute atomic E-state index is 0.0462. The van der Waals surface area contributed by atoms with Crippen LogP contribution in [0.4, 0.5) is 51.0 Å². The normalized spacial score (nSPS) is 12.0. The molecule has 0 saturated carbocycles. The van der Waals surface area contributed by atoms with Gasteiger partial charge in [0.15, 0.2) is 0 Å². The van der Waals surface area contributed by atoms with E-state index in [1.807, 2.05) is 6.07 Å². The number of aliphatic carboxylic acids is 2. The lowest BCUT2D eigenvalue weighted by atomic mass is 10.1. The van der Waals surface area contributed by atoms with E-state index in [9.17, 15) is 39.5 Å². The highest BCUT2D eigenvalue weighted by molar-refractivity contribution is 6.39.